The number of aliphatic hydroxyl groups is 1. The van der Waals surface area contributed by atoms with E-state index in [2.05, 4.69) is 5.32 Å². The number of methoxy groups -OCH3 is 1. The van der Waals surface area contributed by atoms with Gasteiger partial charge in [0, 0.05) is 12.2 Å². The molecule has 2 rings (SSSR count). The fourth-order valence-corrected chi connectivity index (χ4v) is 1.31. The molecule has 0 aliphatic carbocycles. The molecule has 0 saturated heterocycles. The summed E-state index contributed by atoms with van der Waals surface area (Å²) in [7, 11) is 1.66. The highest BCUT2D eigenvalue weighted by Crippen LogP contribution is 2.05. The monoisotopic (exact) mass is 245 g/mol. The Hall–Kier alpha value is -2.00. The van der Waals surface area contributed by atoms with Gasteiger partial charge in [-0.05, 0) is 24.3 Å². The van der Waals surface area contributed by atoms with Gasteiger partial charge in [-0.3, -0.25) is 0 Å². The van der Waals surface area contributed by atoms with Gasteiger partial charge < -0.3 is 15.2 Å². The lowest BCUT2D eigenvalue weighted by molar-refractivity contribution is 0.311. The fourth-order valence-electron chi connectivity index (χ4n) is 1.31. The van der Waals surface area contributed by atoms with Gasteiger partial charge in [-0.15, -0.1) is 0 Å². The van der Waals surface area contributed by atoms with Gasteiger partial charge in [-0.1, -0.05) is 36.4 Å². The first-order chi connectivity index (χ1) is 8.86. The van der Waals surface area contributed by atoms with E-state index in [0.29, 0.717) is 6.54 Å². The molecule has 0 amide bonds. The van der Waals surface area contributed by atoms with Crippen LogP contribution in [0.4, 0.5) is 5.69 Å². The highest BCUT2D eigenvalue weighted by atomic mass is 16.5. The molecular formula is C15H19NO2. The molecule has 0 bridgehead atoms. The zero-order chi connectivity index (χ0) is 13.1. The van der Waals surface area contributed by atoms with Gasteiger partial charge in [0.05, 0.1) is 13.7 Å². The number of hydrogen-bond acceptors (Lipinski definition) is 3. The highest BCUT2D eigenvalue weighted by molar-refractivity contribution is 5.42. The molecule has 18 heavy (non-hydrogen) atoms. The fraction of sp³-hybridized carbons (Fsp3) is 0.200. The molecule has 2 N–H and O–H groups in total. The van der Waals surface area contributed by atoms with Gasteiger partial charge in [-0.25, -0.2) is 0 Å². The molecule has 0 fully saturated rings. The van der Waals surface area contributed by atoms with E-state index in [1.807, 2.05) is 60.7 Å². The predicted octanol–water partition coefficient (Wildman–Crippen LogP) is 2.79. The molecule has 2 aromatic carbocycles. The Bertz CT molecular complexity index is 403. The van der Waals surface area contributed by atoms with Crippen molar-refractivity contribution in [3.05, 3.63) is 60.7 Å². The zero-order valence-electron chi connectivity index (χ0n) is 10.5. The van der Waals surface area contributed by atoms with Gasteiger partial charge in [0.25, 0.3) is 0 Å². The molecule has 0 spiro atoms. The Morgan fingerprint density at radius 3 is 1.94 bits per heavy atom. The third-order valence-electron chi connectivity index (χ3n) is 2.19. The van der Waals surface area contributed by atoms with Gasteiger partial charge in [0.1, 0.15) is 5.75 Å². The first kappa shape index (κ1) is 14.1. The lowest BCUT2D eigenvalue weighted by Gasteiger charge is -2.01. The molecule has 0 aliphatic heterocycles. The largest absolute Gasteiger partial charge is 0.497 e. The van der Waals surface area contributed by atoms with Crippen molar-refractivity contribution in [3.63, 3.8) is 0 Å². The lowest BCUT2D eigenvalue weighted by atomic mass is 10.3. The maximum Gasteiger partial charge on any atom is 0.118 e. The summed E-state index contributed by atoms with van der Waals surface area (Å²) in [6.07, 6.45) is 0. The topological polar surface area (TPSA) is 41.5 Å². The molecule has 0 aromatic heterocycles. The quantitative estimate of drug-likeness (QED) is 0.870. The minimum atomic E-state index is 0.175. The van der Waals surface area contributed by atoms with Gasteiger partial charge >= 0.3 is 0 Å². The summed E-state index contributed by atoms with van der Waals surface area (Å²) in [5, 5.41) is 11.5. The van der Waals surface area contributed by atoms with E-state index in [1.165, 1.54) is 0 Å². The molecule has 0 radical (unpaired) electrons. The molecule has 3 heteroatoms. The predicted molar refractivity (Wildman–Crippen MR) is 75.0 cm³/mol. The second kappa shape index (κ2) is 9.07. The van der Waals surface area contributed by atoms with E-state index >= 15 is 0 Å². The van der Waals surface area contributed by atoms with E-state index in [9.17, 15) is 0 Å². The number of anilines is 1. The molecule has 0 unspecified atom stereocenters. The van der Waals surface area contributed by atoms with Crippen molar-refractivity contribution in [2.24, 2.45) is 0 Å². The number of rotatable bonds is 4. The van der Waals surface area contributed by atoms with Crippen molar-refractivity contribution in [1.82, 2.24) is 0 Å². The van der Waals surface area contributed by atoms with Crippen molar-refractivity contribution in [2.75, 3.05) is 25.6 Å². The Morgan fingerprint density at radius 2 is 1.50 bits per heavy atom. The van der Waals surface area contributed by atoms with Crippen LogP contribution < -0.4 is 10.1 Å². The van der Waals surface area contributed by atoms with Crippen LogP contribution in [-0.4, -0.2) is 25.4 Å². The summed E-state index contributed by atoms with van der Waals surface area (Å²) in [6, 6.07) is 19.5. The molecular weight excluding hydrogens is 226 g/mol. The Labute approximate surface area is 108 Å². The van der Waals surface area contributed by atoms with Crippen LogP contribution in [0.5, 0.6) is 5.75 Å². The van der Waals surface area contributed by atoms with Crippen molar-refractivity contribution in [3.8, 4) is 5.75 Å². The van der Waals surface area contributed by atoms with E-state index in [4.69, 9.17) is 9.84 Å². The van der Waals surface area contributed by atoms with Gasteiger partial charge in [-0.2, -0.15) is 0 Å². The first-order valence-corrected chi connectivity index (χ1v) is 5.85. The summed E-state index contributed by atoms with van der Waals surface area (Å²) < 4.78 is 4.91. The van der Waals surface area contributed by atoms with E-state index in [-0.39, 0.29) is 6.61 Å². The second-order valence-corrected chi connectivity index (χ2v) is 3.53. The summed E-state index contributed by atoms with van der Waals surface area (Å²) in [4.78, 5) is 0. The summed E-state index contributed by atoms with van der Waals surface area (Å²) in [5.74, 6) is 0.910. The van der Waals surface area contributed by atoms with Crippen LogP contribution in [0.2, 0.25) is 0 Å². The van der Waals surface area contributed by atoms with E-state index in [1.54, 1.807) is 7.11 Å². The van der Waals surface area contributed by atoms with Crippen LogP contribution >= 0.6 is 0 Å². The highest BCUT2D eigenvalue weighted by Gasteiger charge is 1.84. The maximum absolute atomic E-state index is 8.47. The first-order valence-electron chi connectivity index (χ1n) is 5.85. The molecule has 3 nitrogen and oxygen atoms in total. The normalized spacial score (nSPS) is 9.00. The third-order valence-corrected chi connectivity index (χ3v) is 2.19. The lowest BCUT2D eigenvalue weighted by Crippen LogP contribution is -2.04. The number of para-hydroxylation sites is 2. The number of hydrogen-bond donors (Lipinski definition) is 2. The Balaban J connectivity index is 0.000000184. The van der Waals surface area contributed by atoms with Crippen LogP contribution in [0.15, 0.2) is 60.7 Å². The number of nitrogens with one attached hydrogen (secondary N) is 1. The van der Waals surface area contributed by atoms with Crippen LogP contribution in [0.1, 0.15) is 0 Å². The van der Waals surface area contributed by atoms with E-state index in [0.717, 1.165) is 11.4 Å². The molecule has 0 heterocycles. The molecule has 2 aromatic rings. The second-order valence-electron chi connectivity index (χ2n) is 3.53. The number of aliphatic hydroxyl groups excluding tert-OH is 1. The van der Waals surface area contributed by atoms with Crippen LogP contribution in [-0.2, 0) is 0 Å². The molecule has 0 aliphatic rings. The average Bonchev–Trinajstić information content (AvgIpc) is 2.48. The standard InChI is InChI=1S/C8H11NO.C7H8O/c10-7-6-9-8-4-2-1-3-5-8;1-8-7-5-3-2-4-6-7/h1-5,9-10H,6-7H2;2-6H,1H3. The third kappa shape index (κ3) is 5.92. The Morgan fingerprint density at radius 1 is 0.944 bits per heavy atom. The molecule has 96 valence electrons. The summed E-state index contributed by atoms with van der Waals surface area (Å²) >= 11 is 0. The Kier molecular flexibility index (Phi) is 7.09. The van der Waals surface area contributed by atoms with Crippen molar-refractivity contribution >= 4 is 5.69 Å². The summed E-state index contributed by atoms with van der Waals surface area (Å²) in [5.41, 5.74) is 1.05. The minimum Gasteiger partial charge on any atom is -0.497 e. The van der Waals surface area contributed by atoms with Gasteiger partial charge in [0.2, 0.25) is 0 Å². The number of ether oxygens (including phenoxy) is 1. The summed E-state index contributed by atoms with van der Waals surface area (Å²) in [6.45, 7) is 0.791. The maximum atomic E-state index is 8.47. The van der Waals surface area contributed by atoms with E-state index < -0.39 is 0 Å². The van der Waals surface area contributed by atoms with Crippen molar-refractivity contribution < 1.29 is 9.84 Å². The van der Waals surface area contributed by atoms with Crippen molar-refractivity contribution in [1.29, 1.82) is 0 Å². The smallest absolute Gasteiger partial charge is 0.118 e. The molecule has 0 atom stereocenters. The zero-order valence-corrected chi connectivity index (χ0v) is 10.5. The van der Waals surface area contributed by atoms with Crippen LogP contribution in [0.3, 0.4) is 0 Å². The minimum absolute atomic E-state index is 0.175. The SMILES string of the molecule is COc1ccccc1.OCCNc1ccccc1. The van der Waals surface area contributed by atoms with Crippen LogP contribution in [0.25, 0.3) is 0 Å². The average molecular weight is 245 g/mol. The molecule has 0 saturated carbocycles. The van der Waals surface area contributed by atoms with Gasteiger partial charge in [0.15, 0.2) is 0 Å². The van der Waals surface area contributed by atoms with Crippen molar-refractivity contribution in [2.45, 2.75) is 0 Å². The number of benzene rings is 2. The van der Waals surface area contributed by atoms with Crippen LogP contribution in [0, 0.1) is 0 Å².